The molecule has 0 atom stereocenters. The van der Waals surface area contributed by atoms with Crippen LogP contribution < -0.4 is 5.32 Å². The summed E-state index contributed by atoms with van der Waals surface area (Å²) in [6.45, 7) is 3.99. The first-order valence-corrected chi connectivity index (χ1v) is 8.04. The number of para-hydroxylation sites is 1. The summed E-state index contributed by atoms with van der Waals surface area (Å²) < 4.78 is 9.40. The molecule has 0 aliphatic heterocycles. The molecule has 0 spiro atoms. The number of nitrogens with zero attached hydrogens (tertiary/aromatic N) is 2. The number of carbonyl (C=O) groups excluding carboxylic acids is 1. The average molecular weight is 313 g/mol. The summed E-state index contributed by atoms with van der Waals surface area (Å²) in [5.41, 5.74) is 4.04. The Hall–Kier alpha value is -2.27. The Labute approximate surface area is 135 Å². The number of aryl methyl sites for hydroxylation is 2. The maximum atomic E-state index is 12.4. The summed E-state index contributed by atoms with van der Waals surface area (Å²) in [5.74, 6) is -0.0377. The fourth-order valence-corrected chi connectivity index (χ4v) is 3.09. The summed E-state index contributed by atoms with van der Waals surface area (Å²) >= 11 is 0. The molecule has 0 unspecified atom stereocenters. The zero-order valence-electron chi connectivity index (χ0n) is 13.9. The molecule has 5 nitrogen and oxygen atoms in total. The molecule has 1 aromatic carbocycles. The van der Waals surface area contributed by atoms with Crippen molar-refractivity contribution in [1.82, 2.24) is 14.5 Å². The van der Waals surface area contributed by atoms with E-state index in [2.05, 4.69) is 22.0 Å². The van der Waals surface area contributed by atoms with Gasteiger partial charge in [0.05, 0.1) is 16.6 Å². The third kappa shape index (κ3) is 2.72. The number of hydrogen-bond acceptors (Lipinski definition) is 2. The van der Waals surface area contributed by atoms with Crippen molar-refractivity contribution in [3.8, 4) is 0 Å². The number of amides is 1. The minimum atomic E-state index is -0.0377. The van der Waals surface area contributed by atoms with E-state index in [1.54, 1.807) is 0 Å². The van der Waals surface area contributed by atoms with Gasteiger partial charge in [-0.05, 0) is 25.5 Å². The molecule has 0 fully saturated rings. The van der Waals surface area contributed by atoms with Crippen LogP contribution in [0, 0.1) is 0 Å². The van der Waals surface area contributed by atoms with Crippen LogP contribution in [0.15, 0.2) is 30.3 Å². The lowest BCUT2D eigenvalue weighted by molar-refractivity contribution is 0.0936. The maximum absolute atomic E-state index is 12.4. The predicted octanol–water partition coefficient (Wildman–Crippen LogP) is 2.83. The van der Waals surface area contributed by atoms with E-state index in [1.807, 2.05) is 43.8 Å². The smallest absolute Gasteiger partial charge is 0.267 e. The number of hydrogen-bond donors (Lipinski definition) is 1. The molecule has 23 heavy (non-hydrogen) atoms. The molecule has 0 saturated heterocycles. The minimum Gasteiger partial charge on any atom is -0.382 e. The van der Waals surface area contributed by atoms with E-state index < -0.39 is 0 Å². The van der Waals surface area contributed by atoms with E-state index in [-0.39, 0.29) is 5.91 Å². The fourth-order valence-electron chi connectivity index (χ4n) is 3.09. The third-order valence-electron chi connectivity index (χ3n) is 4.28. The van der Waals surface area contributed by atoms with Crippen LogP contribution in [0.5, 0.6) is 0 Å². The Bertz CT molecular complexity index is 845. The van der Waals surface area contributed by atoms with Crippen molar-refractivity contribution >= 4 is 27.8 Å². The largest absolute Gasteiger partial charge is 0.382 e. The highest BCUT2D eigenvalue weighted by Gasteiger charge is 2.18. The molecule has 0 aliphatic rings. The van der Waals surface area contributed by atoms with Gasteiger partial charge in [0.2, 0.25) is 0 Å². The van der Waals surface area contributed by atoms with E-state index in [9.17, 15) is 4.79 Å². The normalized spacial score (nSPS) is 11.4. The van der Waals surface area contributed by atoms with Gasteiger partial charge in [-0.3, -0.25) is 4.79 Å². The van der Waals surface area contributed by atoms with E-state index >= 15 is 0 Å². The molecule has 0 aliphatic carbocycles. The zero-order chi connectivity index (χ0) is 16.4. The van der Waals surface area contributed by atoms with E-state index in [0.29, 0.717) is 25.5 Å². The van der Waals surface area contributed by atoms with Crippen LogP contribution in [0.1, 0.15) is 23.8 Å². The summed E-state index contributed by atoms with van der Waals surface area (Å²) in [5, 5.41) is 4.14. The van der Waals surface area contributed by atoms with Crippen LogP contribution in [0.2, 0.25) is 0 Å². The quantitative estimate of drug-likeness (QED) is 0.711. The van der Waals surface area contributed by atoms with Gasteiger partial charge in [0.1, 0.15) is 5.69 Å². The molecule has 1 N–H and O–H groups in total. The summed E-state index contributed by atoms with van der Waals surface area (Å²) in [6, 6.07) is 10.2. The van der Waals surface area contributed by atoms with Crippen molar-refractivity contribution in [3.05, 3.63) is 36.0 Å². The van der Waals surface area contributed by atoms with Crippen LogP contribution in [0.25, 0.3) is 21.9 Å². The second-order valence-electron chi connectivity index (χ2n) is 5.70. The van der Waals surface area contributed by atoms with E-state index in [1.165, 1.54) is 10.9 Å². The molecule has 0 radical (unpaired) electrons. The van der Waals surface area contributed by atoms with E-state index in [0.717, 1.165) is 17.5 Å². The lowest BCUT2D eigenvalue weighted by Gasteiger charge is -2.07. The number of aromatic nitrogens is 2. The molecule has 0 saturated carbocycles. The number of nitrogens with one attached hydrogen (secondary N) is 1. The molecular formula is C18H23N3O2. The number of ether oxygens (including phenoxy) is 1. The van der Waals surface area contributed by atoms with Crippen molar-refractivity contribution in [1.29, 1.82) is 0 Å². The van der Waals surface area contributed by atoms with Gasteiger partial charge in [0.15, 0.2) is 0 Å². The Morgan fingerprint density at radius 1 is 1.17 bits per heavy atom. The SMILES string of the molecule is CCOCCCNC(=O)c1cc2c(c3ccccc3n2C)n1C. The molecule has 122 valence electrons. The lowest BCUT2D eigenvalue weighted by Crippen LogP contribution is -2.27. The van der Waals surface area contributed by atoms with Gasteiger partial charge in [-0.2, -0.15) is 0 Å². The Balaban J connectivity index is 1.86. The van der Waals surface area contributed by atoms with Crippen LogP contribution in [-0.4, -0.2) is 34.8 Å². The number of carbonyl (C=O) groups is 1. The first kappa shape index (κ1) is 15.6. The van der Waals surface area contributed by atoms with Crippen LogP contribution >= 0.6 is 0 Å². The van der Waals surface area contributed by atoms with Crippen molar-refractivity contribution in [2.75, 3.05) is 19.8 Å². The van der Waals surface area contributed by atoms with Crippen molar-refractivity contribution in [3.63, 3.8) is 0 Å². The lowest BCUT2D eigenvalue weighted by atomic mass is 10.2. The number of benzene rings is 1. The Morgan fingerprint density at radius 3 is 2.74 bits per heavy atom. The van der Waals surface area contributed by atoms with Crippen molar-refractivity contribution in [2.45, 2.75) is 13.3 Å². The molecular weight excluding hydrogens is 290 g/mol. The zero-order valence-corrected chi connectivity index (χ0v) is 13.9. The third-order valence-corrected chi connectivity index (χ3v) is 4.28. The first-order chi connectivity index (χ1) is 11.1. The molecule has 2 aromatic heterocycles. The minimum absolute atomic E-state index is 0.0377. The van der Waals surface area contributed by atoms with Gasteiger partial charge in [0, 0.05) is 39.2 Å². The van der Waals surface area contributed by atoms with Crippen molar-refractivity contribution in [2.24, 2.45) is 14.1 Å². The Morgan fingerprint density at radius 2 is 1.96 bits per heavy atom. The van der Waals surface area contributed by atoms with Gasteiger partial charge in [-0.25, -0.2) is 0 Å². The average Bonchev–Trinajstić information content (AvgIpc) is 3.04. The van der Waals surface area contributed by atoms with E-state index in [4.69, 9.17) is 4.74 Å². The molecule has 5 heteroatoms. The summed E-state index contributed by atoms with van der Waals surface area (Å²) in [4.78, 5) is 12.4. The van der Waals surface area contributed by atoms with Gasteiger partial charge in [-0.1, -0.05) is 18.2 Å². The molecule has 3 rings (SSSR count). The maximum Gasteiger partial charge on any atom is 0.267 e. The summed E-state index contributed by atoms with van der Waals surface area (Å²) in [7, 11) is 3.98. The van der Waals surface area contributed by atoms with Gasteiger partial charge in [0.25, 0.3) is 5.91 Å². The monoisotopic (exact) mass is 313 g/mol. The van der Waals surface area contributed by atoms with Crippen LogP contribution in [0.3, 0.4) is 0 Å². The number of rotatable bonds is 6. The second kappa shape index (κ2) is 6.46. The highest BCUT2D eigenvalue weighted by Crippen LogP contribution is 2.30. The highest BCUT2D eigenvalue weighted by atomic mass is 16.5. The molecule has 3 aromatic rings. The molecule has 0 bridgehead atoms. The van der Waals surface area contributed by atoms with Gasteiger partial charge >= 0.3 is 0 Å². The predicted molar refractivity (Wildman–Crippen MR) is 92.8 cm³/mol. The second-order valence-corrected chi connectivity index (χ2v) is 5.70. The number of fused-ring (bicyclic) bond motifs is 3. The summed E-state index contributed by atoms with van der Waals surface area (Å²) in [6.07, 6.45) is 0.826. The van der Waals surface area contributed by atoms with Crippen molar-refractivity contribution < 1.29 is 9.53 Å². The Kier molecular flexibility index (Phi) is 4.39. The molecule has 1 amide bonds. The topological polar surface area (TPSA) is 48.2 Å². The van der Waals surface area contributed by atoms with Gasteiger partial charge < -0.3 is 19.2 Å². The van der Waals surface area contributed by atoms with Crippen LogP contribution in [-0.2, 0) is 18.8 Å². The van der Waals surface area contributed by atoms with Crippen LogP contribution in [0.4, 0.5) is 0 Å². The standard InChI is InChI=1S/C18H23N3O2/c1-4-23-11-7-10-19-18(22)16-12-15-17(21(16)3)13-8-5-6-9-14(13)20(15)2/h5-6,8-9,12H,4,7,10-11H2,1-3H3,(H,19,22). The molecule has 2 heterocycles. The highest BCUT2D eigenvalue weighted by molar-refractivity contribution is 6.10. The van der Waals surface area contributed by atoms with Gasteiger partial charge in [-0.15, -0.1) is 0 Å². The first-order valence-electron chi connectivity index (χ1n) is 8.04. The fraction of sp³-hybridized carbons (Fsp3) is 0.389.